The summed E-state index contributed by atoms with van der Waals surface area (Å²) >= 11 is 2.03. The van der Waals surface area contributed by atoms with Crippen molar-refractivity contribution in [2.24, 2.45) is 0 Å². The first kappa shape index (κ1) is 68.2. The molecule has 23 nitrogen and oxygen atoms in total. The Morgan fingerprint density at radius 3 is 1.39 bits per heavy atom. The number of alkyl halides is 4. The molecule has 4 bridgehead atoms. The largest absolute Gasteiger partial charge is 0.480 e. The summed E-state index contributed by atoms with van der Waals surface area (Å²) in [5, 5.41) is 9.45. The normalized spacial score (nSPS) is 21.1. The molecule has 0 radical (unpaired) electrons. The lowest BCUT2D eigenvalue weighted by Crippen LogP contribution is -2.54. The summed E-state index contributed by atoms with van der Waals surface area (Å²) in [6, 6.07) is 6.06. The smallest absolute Gasteiger partial charge is 0.387 e. The molecule has 8 aromatic rings. The first-order valence-electron chi connectivity index (χ1n) is 31.0. The van der Waals surface area contributed by atoms with E-state index in [9.17, 15) is 68.6 Å². The number of aliphatic carboxylic acids is 1. The van der Waals surface area contributed by atoms with Gasteiger partial charge in [0.2, 0.25) is 11.8 Å². The highest BCUT2D eigenvalue weighted by Gasteiger charge is 2.45. The maximum absolute atomic E-state index is 14.9. The molecular weight excluding hydrogens is 1330 g/mol. The number of oxazole rings is 2. The second-order valence-corrected chi connectivity index (χ2v) is 29.8. The van der Waals surface area contributed by atoms with Gasteiger partial charge in [0.15, 0.2) is 15.6 Å². The fourth-order valence-electron chi connectivity index (χ4n) is 13.2. The zero-order valence-electron chi connectivity index (χ0n) is 52.5. The topological polar surface area (TPSA) is 284 Å². The van der Waals surface area contributed by atoms with Crippen LogP contribution in [0.2, 0.25) is 0 Å². The Kier molecular flexibility index (Phi) is 18.9. The van der Waals surface area contributed by atoms with E-state index in [-0.39, 0.29) is 79.3 Å². The lowest BCUT2D eigenvalue weighted by molar-refractivity contribution is -0.146. The van der Waals surface area contributed by atoms with Crippen LogP contribution in [0.3, 0.4) is 0 Å². The Hall–Kier alpha value is -7.75. The third-order valence-corrected chi connectivity index (χ3v) is 23.1. The van der Waals surface area contributed by atoms with Crippen molar-refractivity contribution in [2.45, 2.75) is 197 Å². The third-order valence-electron chi connectivity index (χ3n) is 18.3. The van der Waals surface area contributed by atoms with Crippen molar-refractivity contribution in [3.05, 3.63) is 137 Å². The number of hydrogen-bond donors (Lipinski definition) is 1. The maximum Gasteiger partial charge on any atom is 0.387 e. The number of ketones is 1. The molecule has 1 saturated carbocycles. The van der Waals surface area contributed by atoms with Gasteiger partial charge in [-0.15, -0.1) is 22.7 Å². The van der Waals surface area contributed by atoms with Crippen LogP contribution in [0.4, 0.5) is 26.3 Å². The van der Waals surface area contributed by atoms with E-state index in [1.165, 1.54) is 61.7 Å². The van der Waals surface area contributed by atoms with Crippen LogP contribution in [0.5, 0.6) is 11.5 Å². The van der Waals surface area contributed by atoms with Crippen molar-refractivity contribution in [3.8, 4) is 33.0 Å². The monoisotopic (exact) mass is 1400 g/mol. The van der Waals surface area contributed by atoms with Gasteiger partial charge in [-0.1, -0.05) is 0 Å². The number of thiophene rings is 2. The third kappa shape index (κ3) is 13.4. The molecule has 2 aromatic carbocycles. The number of carboxylic acid groups (broad SMARTS) is 1. The van der Waals surface area contributed by atoms with E-state index in [0.29, 0.717) is 64.0 Å². The van der Waals surface area contributed by atoms with E-state index in [1.807, 2.05) is 0 Å². The number of Topliss-reactive ketones (excluding diaryl/α,β-unsaturated/α-hetero) is 1. The van der Waals surface area contributed by atoms with E-state index >= 15 is 0 Å². The van der Waals surface area contributed by atoms with E-state index in [4.69, 9.17) is 37.3 Å². The van der Waals surface area contributed by atoms with Crippen LogP contribution in [0, 0.1) is 25.5 Å². The Balaban J connectivity index is 0.000000185. The maximum atomic E-state index is 14.9. The van der Waals surface area contributed by atoms with Gasteiger partial charge < -0.3 is 42.4 Å². The summed E-state index contributed by atoms with van der Waals surface area (Å²) in [6.07, 6.45) is 7.93. The SMILES string of the molecule is Cc1c(-c2ncco2)sc2c1c(=O)n(C(C)(C)C(=O)CS(=O)(=O)C1CC1)c(=O)n2C[C@H](OC1C[C@H]2CC[C@@H](C1)O2)c1cc(F)ccc1OC(F)F.Cc1c(-c2ncco2)sc2c1c(=O)n(C(C)(C)C(=O)O)c(=O)n2C[C@H](OC1C[C@H]2CC[C@@H](C1)O2)c1cc(F)ccc1OC(F)F. The molecule has 13 rings (SSSR count). The van der Waals surface area contributed by atoms with Gasteiger partial charge >= 0.3 is 30.6 Å². The fraction of sp³-hybridized carbons (Fsp3) is 0.500. The Morgan fingerprint density at radius 2 is 1.03 bits per heavy atom. The minimum absolute atomic E-state index is 0.0323. The lowest BCUT2D eigenvalue weighted by Gasteiger charge is -2.33. The Labute approximate surface area is 550 Å². The molecule has 96 heavy (non-hydrogen) atoms. The molecule has 10 heterocycles. The summed E-state index contributed by atoms with van der Waals surface area (Å²) in [5.74, 6) is -5.05. The Bertz CT molecular complexity index is 4630. The number of rotatable bonds is 23. The molecule has 0 spiro atoms. The van der Waals surface area contributed by atoms with Gasteiger partial charge in [0.25, 0.3) is 11.1 Å². The fourth-order valence-corrected chi connectivity index (χ4v) is 17.5. The molecule has 8 atom stereocenters. The van der Waals surface area contributed by atoms with Crippen LogP contribution in [0.25, 0.3) is 42.0 Å². The van der Waals surface area contributed by atoms with Crippen LogP contribution in [0.1, 0.15) is 126 Å². The first-order valence-corrected chi connectivity index (χ1v) is 34.3. The van der Waals surface area contributed by atoms with Crippen LogP contribution in [-0.2, 0) is 62.5 Å². The van der Waals surface area contributed by atoms with Crippen molar-refractivity contribution in [2.75, 3.05) is 5.75 Å². The average Bonchev–Trinajstić information content (AvgIpc) is 1.47. The Morgan fingerprint density at radius 1 is 0.635 bits per heavy atom. The minimum atomic E-state index is -3.82. The number of aromatic nitrogens is 6. The molecule has 0 amide bonds. The van der Waals surface area contributed by atoms with E-state index in [1.54, 1.807) is 13.8 Å². The molecular formula is C64H66F6N6O17S3. The van der Waals surface area contributed by atoms with Crippen LogP contribution in [-0.4, -0.2) is 114 Å². The summed E-state index contributed by atoms with van der Waals surface area (Å²) < 4.78 is 159. The predicted octanol–water partition coefficient (Wildman–Crippen LogP) is 10.5. The van der Waals surface area contributed by atoms with E-state index < -0.39 is 129 Å². The highest BCUT2D eigenvalue weighted by Crippen LogP contribution is 2.44. The van der Waals surface area contributed by atoms with Gasteiger partial charge in [0.05, 0.1) is 87.9 Å². The number of carbonyl (C=O) groups excluding carboxylic acids is 1. The van der Waals surface area contributed by atoms with E-state index in [0.717, 1.165) is 89.3 Å². The molecule has 514 valence electrons. The standard InChI is InChI=1S/C34H36F3N3O9S2.C30H30F3N3O8S/c1-17-27-30(42)40(34(2,3)26(41)16-51(44,45)22-7-8-22)33(43)39(31(27)50-28(17)29-38-10-11-46-29)15-25(48-21-13-19-5-6-20(14-21)47-19)23-12-18(35)4-9-24(23)49-32(36)37;1-14-22-25(37)36(30(2,3)27(38)39)29(40)35(26(22)45-23(14)24-34-8-9-41-24)13-21(43-18-11-16-5-6-17(12-18)42-16)19-10-15(31)4-7-20(19)44-28(32)33/h4,9-12,19-22,25,32H,5-8,13-16H2,1-3H3;4,7-10,16-18,21,28H,5-6,11-13H2,1-3H3,(H,38,39)/t19-,20+,21?,25-;16-,17+,18?,21-/m00/s1. The van der Waals surface area contributed by atoms with Crippen molar-refractivity contribution >= 4 is 64.7 Å². The van der Waals surface area contributed by atoms with Crippen molar-refractivity contribution in [1.29, 1.82) is 0 Å². The molecule has 5 fully saturated rings. The predicted molar refractivity (Wildman–Crippen MR) is 335 cm³/mol. The van der Waals surface area contributed by atoms with E-state index in [2.05, 4.69) is 9.97 Å². The number of nitrogens with zero attached hydrogens (tertiary/aromatic N) is 6. The van der Waals surface area contributed by atoms with Crippen molar-refractivity contribution in [1.82, 2.24) is 28.2 Å². The second-order valence-electron chi connectivity index (χ2n) is 25.5. The molecule has 1 N–H and O–H groups in total. The number of carboxylic acids is 1. The summed E-state index contributed by atoms with van der Waals surface area (Å²) in [7, 11) is -3.82. The molecule has 1 aliphatic carbocycles. The van der Waals surface area contributed by atoms with Gasteiger partial charge in [-0.3, -0.25) is 23.5 Å². The van der Waals surface area contributed by atoms with Crippen LogP contribution < -0.4 is 32.0 Å². The minimum Gasteiger partial charge on any atom is -0.480 e. The van der Waals surface area contributed by atoms with Crippen molar-refractivity contribution in [3.63, 3.8) is 0 Å². The average molecular weight is 1400 g/mol. The van der Waals surface area contributed by atoms with Gasteiger partial charge in [-0.2, -0.15) is 17.6 Å². The molecule has 32 heteroatoms. The quantitative estimate of drug-likeness (QED) is 0.0582. The molecule has 4 saturated heterocycles. The summed E-state index contributed by atoms with van der Waals surface area (Å²) in [6.45, 7) is 0.985. The number of sulfone groups is 1. The molecule has 4 aliphatic heterocycles. The van der Waals surface area contributed by atoms with Gasteiger partial charge in [-0.05, 0) is 153 Å². The highest BCUT2D eigenvalue weighted by atomic mass is 32.2. The summed E-state index contributed by atoms with van der Waals surface area (Å²) in [5.41, 5.74) is -6.96. The second kappa shape index (κ2) is 26.6. The van der Waals surface area contributed by atoms with Gasteiger partial charge in [-0.25, -0.2) is 50.7 Å². The number of fused-ring (bicyclic) bond motifs is 6. The zero-order valence-corrected chi connectivity index (χ0v) is 54.9. The van der Waals surface area contributed by atoms with Crippen LogP contribution in [0.15, 0.2) is 89.3 Å². The van der Waals surface area contributed by atoms with Gasteiger partial charge in [0, 0.05) is 11.1 Å². The number of hydrogen-bond acceptors (Lipinski definition) is 20. The highest BCUT2D eigenvalue weighted by molar-refractivity contribution is 7.93. The van der Waals surface area contributed by atoms with Crippen LogP contribution >= 0.6 is 22.7 Å². The number of aryl methyl sites for hydroxylation is 2. The van der Waals surface area contributed by atoms with Gasteiger partial charge in [0.1, 0.15) is 74.4 Å². The zero-order chi connectivity index (χ0) is 68.6. The number of ether oxygens (including phenoxy) is 6. The molecule has 2 unspecified atom stereocenters. The molecule has 5 aliphatic rings. The number of halogens is 6. The van der Waals surface area contributed by atoms with Crippen molar-refractivity contribution < 1.29 is 86.7 Å². The number of benzene rings is 2. The molecule has 6 aromatic heterocycles. The first-order chi connectivity index (χ1) is 45.5. The number of carbonyl (C=O) groups is 2. The lowest BCUT2D eigenvalue weighted by atomic mass is 9.99. The summed E-state index contributed by atoms with van der Waals surface area (Å²) in [4.78, 5) is 92.6.